The monoisotopic (exact) mass is 441 g/mol. The molecule has 1 aliphatic carbocycles. The summed E-state index contributed by atoms with van der Waals surface area (Å²) in [6, 6.07) is 19.9. The van der Waals surface area contributed by atoms with Gasteiger partial charge in [-0.1, -0.05) is 0 Å². The second-order valence-electron chi connectivity index (χ2n) is 11.8. The Morgan fingerprint density at radius 3 is 2.19 bits per heavy atom. The SMILES string of the molecule is Cl.Cl.[CH3][Ti]([CH3])([CH3])([CH3])(=[SiH2])([c]1cc2ccccc2[nH]1)[CH]1C=Cc2ccccc21. The average Bonchev–Trinajstić information content (AvgIpc) is 3.11. The van der Waals surface area contributed by atoms with Crippen LogP contribution in [0.2, 0.25) is 20.9 Å². The van der Waals surface area contributed by atoms with E-state index in [4.69, 9.17) is 0 Å². The van der Waals surface area contributed by atoms with E-state index in [1.807, 2.05) is 0 Å². The van der Waals surface area contributed by atoms with Gasteiger partial charge >= 0.3 is 142 Å². The van der Waals surface area contributed by atoms with Crippen LogP contribution in [-0.4, -0.2) is 12.6 Å². The maximum atomic E-state index is 3.82. The molecule has 0 spiro atoms. The van der Waals surface area contributed by atoms with Crippen molar-refractivity contribution in [2.24, 2.45) is 0 Å². The molecule has 0 amide bonds. The predicted octanol–water partition coefficient (Wildman–Crippen LogP) is 5.91. The van der Waals surface area contributed by atoms with Crippen LogP contribution in [0.25, 0.3) is 17.0 Å². The molecular weight excluding hydrogens is 413 g/mol. The molecule has 1 unspecified atom stereocenters. The summed E-state index contributed by atoms with van der Waals surface area (Å²) in [5.74, 6) is 0. The summed E-state index contributed by atoms with van der Waals surface area (Å²) in [6.07, 6.45) is 4.78. The molecule has 1 atom stereocenters. The van der Waals surface area contributed by atoms with Crippen LogP contribution in [0.15, 0.2) is 60.7 Å². The van der Waals surface area contributed by atoms with Crippen molar-refractivity contribution in [1.82, 2.24) is 4.98 Å². The topological polar surface area (TPSA) is 15.8 Å². The van der Waals surface area contributed by atoms with E-state index in [2.05, 4.69) is 100 Å². The van der Waals surface area contributed by atoms with E-state index in [-0.39, 0.29) is 24.8 Å². The van der Waals surface area contributed by atoms with Crippen molar-refractivity contribution >= 4 is 53.4 Å². The summed E-state index contributed by atoms with van der Waals surface area (Å²) < 4.78 is 1.89. The first kappa shape index (κ1) is 21.5. The van der Waals surface area contributed by atoms with Crippen molar-refractivity contribution < 1.29 is 11.5 Å². The average molecular weight is 442 g/mol. The number of aromatic nitrogens is 1. The molecule has 2 aromatic carbocycles. The first-order chi connectivity index (χ1) is 10.9. The number of benzene rings is 2. The zero-order valence-electron chi connectivity index (χ0n) is 16.0. The molecule has 0 aliphatic heterocycles. The number of halogens is 2. The molecule has 1 N–H and O–H groups in total. The second kappa shape index (κ2) is 5.18. The minimum atomic E-state index is -4.11. The molecule has 0 saturated heterocycles. The van der Waals surface area contributed by atoms with Gasteiger partial charge in [0.25, 0.3) is 0 Å². The molecule has 0 radical (unpaired) electrons. The van der Waals surface area contributed by atoms with E-state index in [0.29, 0.717) is 4.22 Å². The number of hydrogen-bond acceptors (Lipinski definition) is 0. The molecule has 0 saturated carbocycles. The molecule has 0 bridgehead atoms. The summed E-state index contributed by atoms with van der Waals surface area (Å²) in [5, 5.41) is 11.6. The van der Waals surface area contributed by atoms with Gasteiger partial charge < -0.3 is 0 Å². The Bertz CT molecular complexity index is 1110. The van der Waals surface area contributed by atoms with Gasteiger partial charge in [-0.3, -0.25) is 0 Å². The van der Waals surface area contributed by atoms with Crippen LogP contribution in [0.3, 0.4) is 0 Å². The number of hydrogen-bond donors (Lipinski definition) is 1. The summed E-state index contributed by atoms with van der Waals surface area (Å²) in [4.78, 5) is 3.82. The molecule has 1 aromatic heterocycles. The molecule has 5 heteroatoms. The van der Waals surface area contributed by atoms with E-state index in [1.165, 1.54) is 26.0 Å². The quantitative estimate of drug-likeness (QED) is 0.476. The number of aromatic amines is 1. The van der Waals surface area contributed by atoms with Gasteiger partial charge in [-0.2, -0.15) is 0 Å². The number of H-pyrrole nitrogens is 1. The summed E-state index contributed by atoms with van der Waals surface area (Å²) in [5.41, 5.74) is 4.10. The number of para-hydroxylation sites is 1. The van der Waals surface area contributed by atoms with Crippen LogP contribution >= 0.6 is 24.8 Å². The number of allylic oxidation sites excluding steroid dienone is 1. The Morgan fingerprint density at radius 2 is 1.50 bits per heavy atom. The first-order valence-corrected chi connectivity index (χ1v) is 20.8. The number of rotatable bonds is 2. The van der Waals surface area contributed by atoms with E-state index < -0.39 is 11.5 Å². The fourth-order valence-corrected chi connectivity index (χ4v) is 14.6. The fraction of sp³-hybridized carbons (Fsp3) is 0.238. The summed E-state index contributed by atoms with van der Waals surface area (Å²) in [6.45, 7) is 0. The zero-order chi connectivity index (χ0) is 17.3. The molecule has 4 rings (SSSR count). The van der Waals surface area contributed by atoms with Gasteiger partial charge in [0.1, 0.15) is 0 Å². The van der Waals surface area contributed by atoms with Gasteiger partial charge in [0.05, 0.1) is 0 Å². The van der Waals surface area contributed by atoms with Gasteiger partial charge in [-0.05, 0) is 0 Å². The van der Waals surface area contributed by atoms with E-state index in [0.717, 1.165) is 0 Å². The van der Waals surface area contributed by atoms with Gasteiger partial charge in [-0.25, -0.2) is 0 Å². The van der Waals surface area contributed by atoms with Crippen LogP contribution < -0.4 is 4.00 Å². The molecule has 140 valence electrons. The number of nitrogens with one attached hydrogen (secondary N) is 1. The van der Waals surface area contributed by atoms with Crippen molar-refractivity contribution in [3.63, 3.8) is 0 Å². The van der Waals surface area contributed by atoms with Crippen molar-refractivity contribution in [3.05, 3.63) is 71.8 Å². The van der Waals surface area contributed by atoms with Crippen molar-refractivity contribution in [1.29, 1.82) is 0 Å². The first-order valence-electron chi connectivity index (χ1n) is 8.87. The summed E-state index contributed by atoms with van der Waals surface area (Å²) >= 11 is -4.11. The number of fused-ring (bicyclic) bond motifs is 2. The molecule has 3 aromatic rings. The zero-order valence-corrected chi connectivity index (χ0v) is 20.6. The van der Waals surface area contributed by atoms with Gasteiger partial charge in [0.15, 0.2) is 0 Å². The molecule has 1 heterocycles. The predicted molar refractivity (Wildman–Crippen MR) is 123 cm³/mol. The van der Waals surface area contributed by atoms with Gasteiger partial charge in [0, 0.05) is 0 Å². The molecule has 0 fully saturated rings. The van der Waals surface area contributed by atoms with E-state index in [1.54, 1.807) is 0 Å². The summed E-state index contributed by atoms with van der Waals surface area (Å²) in [7, 11) is 2.29. The van der Waals surface area contributed by atoms with Gasteiger partial charge in [-0.15, -0.1) is 24.8 Å². The van der Waals surface area contributed by atoms with Crippen LogP contribution in [0.5, 0.6) is 0 Å². The van der Waals surface area contributed by atoms with Crippen molar-refractivity contribution in [3.8, 4) is 0 Å². The standard InChI is InChI=1S/C9H7.C8H6N.4CH3.2ClH.H2Si.Ti/c1-2-5-9-7-3-6-8(9)4-1;1-2-4-8-7(3-1)5-6-9-8;;;;;;;;/h1-7H;1-5,9H;4*1H3;2*1H;1H2;. The Hall–Kier alpha value is -0.769. The second-order valence-corrected chi connectivity index (χ2v) is 50.6. The van der Waals surface area contributed by atoms with Crippen molar-refractivity contribution in [2.75, 3.05) is 0 Å². The van der Waals surface area contributed by atoms with Crippen LogP contribution in [0.1, 0.15) is 15.3 Å². The molecule has 26 heavy (non-hydrogen) atoms. The Balaban J connectivity index is 0.00000121. The van der Waals surface area contributed by atoms with Gasteiger partial charge in [0.2, 0.25) is 0 Å². The third-order valence-corrected chi connectivity index (χ3v) is 20.5. The molecule has 1 aliphatic rings. The molecule has 1 nitrogen and oxygen atoms in total. The third-order valence-electron chi connectivity index (χ3n) is 6.37. The van der Waals surface area contributed by atoms with Crippen molar-refractivity contribution in [2.45, 2.75) is 25.1 Å². The Labute approximate surface area is 166 Å². The van der Waals surface area contributed by atoms with E-state index >= 15 is 0 Å². The normalized spacial score (nSPS) is 20.0. The Kier molecular flexibility index (Phi) is 4.29. The maximum absolute atomic E-state index is 4.11. The van der Waals surface area contributed by atoms with Crippen LogP contribution in [0.4, 0.5) is 0 Å². The Morgan fingerprint density at radius 1 is 0.885 bits per heavy atom. The van der Waals surface area contributed by atoms with E-state index in [9.17, 15) is 0 Å². The van der Waals surface area contributed by atoms with Crippen LogP contribution in [0, 0.1) is 0 Å². The van der Waals surface area contributed by atoms with Crippen LogP contribution in [-0.2, 0) is 11.5 Å². The third kappa shape index (κ3) is 2.96. The minimum absolute atomic E-state index is 0. The molecular formula is C21H29Cl2NSiTi. The fourth-order valence-electron chi connectivity index (χ4n) is 4.51.